The molecule has 0 saturated carbocycles. The number of ether oxygens (including phenoxy) is 1. The SMILES string of the molecule is CCCC(C)c1nc2ccc(OC/C(=C/F)CC)cc2o1. The number of aromatic nitrogens is 1. The monoisotopic (exact) mass is 291 g/mol. The molecule has 0 saturated heterocycles. The van der Waals surface area contributed by atoms with Crippen LogP contribution < -0.4 is 4.74 Å². The van der Waals surface area contributed by atoms with Gasteiger partial charge in [-0.15, -0.1) is 0 Å². The highest BCUT2D eigenvalue weighted by Crippen LogP contribution is 2.27. The molecule has 3 nitrogen and oxygen atoms in total. The van der Waals surface area contributed by atoms with Gasteiger partial charge < -0.3 is 9.15 Å². The van der Waals surface area contributed by atoms with Gasteiger partial charge in [-0.2, -0.15) is 0 Å². The van der Waals surface area contributed by atoms with Crippen molar-refractivity contribution in [3.8, 4) is 5.75 Å². The maximum absolute atomic E-state index is 12.5. The molecule has 2 rings (SSSR count). The summed E-state index contributed by atoms with van der Waals surface area (Å²) in [6, 6.07) is 5.53. The minimum absolute atomic E-state index is 0.256. The smallest absolute Gasteiger partial charge is 0.198 e. The number of rotatable bonds is 7. The molecular weight excluding hydrogens is 269 g/mol. The van der Waals surface area contributed by atoms with Crippen LogP contribution in [0.2, 0.25) is 0 Å². The standard InChI is InChI=1S/C17H22FNO2/c1-4-6-12(3)17-19-15-8-7-14(9-16(15)21-17)20-11-13(5-2)10-18/h7-10,12H,4-6,11H2,1-3H3/b13-10+. The van der Waals surface area contributed by atoms with Crippen LogP contribution in [-0.2, 0) is 0 Å². The highest BCUT2D eigenvalue weighted by Gasteiger charge is 2.13. The van der Waals surface area contributed by atoms with E-state index in [1.54, 1.807) is 0 Å². The van der Waals surface area contributed by atoms with E-state index in [1.165, 1.54) is 0 Å². The zero-order valence-electron chi connectivity index (χ0n) is 12.9. The molecule has 0 amide bonds. The lowest BCUT2D eigenvalue weighted by atomic mass is 10.1. The van der Waals surface area contributed by atoms with E-state index in [0.29, 0.717) is 35.6 Å². The quantitative estimate of drug-likeness (QED) is 0.687. The second-order valence-corrected chi connectivity index (χ2v) is 5.28. The van der Waals surface area contributed by atoms with Gasteiger partial charge in [-0.25, -0.2) is 9.37 Å². The highest BCUT2D eigenvalue weighted by atomic mass is 19.1. The first kappa shape index (κ1) is 15.5. The van der Waals surface area contributed by atoms with Crippen molar-refractivity contribution in [1.82, 2.24) is 4.98 Å². The van der Waals surface area contributed by atoms with Gasteiger partial charge in [0.1, 0.15) is 17.9 Å². The van der Waals surface area contributed by atoms with Crippen molar-refractivity contribution < 1.29 is 13.5 Å². The molecule has 0 radical (unpaired) electrons. The van der Waals surface area contributed by atoms with E-state index in [0.717, 1.165) is 24.2 Å². The lowest BCUT2D eigenvalue weighted by Crippen LogP contribution is -1.99. The van der Waals surface area contributed by atoms with Crippen LogP contribution in [0.3, 0.4) is 0 Å². The molecular formula is C17H22FNO2. The van der Waals surface area contributed by atoms with Crippen molar-refractivity contribution in [2.75, 3.05) is 6.61 Å². The summed E-state index contributed by atoms with van der Waals surface area (Å²) in [5, 5.41) is 0. The molecule has 0 bridgehead atoms. The Morgan fingerprint density at radius 1 is 1.43 bits per heavy atom. The average Bonchev–Trinajstić information content (AvgIpc) is 2.92. The first-order chi connectivity index (χ1) is 10.2. The third kappa shape index (κ3) is 3.84. The molecule has 4 heteroatoms. The Morgan fingerprint density at radius 3 is 2.90 bits per heavy atom. The first-order valence-corrected chi connectivity index (χ1v) is 7.49. The van der Waals surface area contributed by atoms with E-state index in [4.69, 9.17) is 9.15 Å². The predicted octanol–water partition coefficient (Wildman–Crippen LogP) is 5.37. The average molecular weight is 291 g/mol. The topological polar surface area (TPSA) is 35.3 Å². The fourth-order valence-corrected chi connectivity index (χ4v) is 2.17. The fraction of sp³-hybridized carbons (Fsp3) is 0.471. The molecule has 114 valence electrons. The van der Waals surface area contributed by atoms with Gasteiger partial charge >= 0.3 is 0 Å². The summed E-state index contributed by atoms with van der Waals surface area (Å²) in [7, 11) is 0. The summed E-state index contributed by atoms with van der Waals surface area (Å²) in [4.78, 5) is 4.51. The van der Waals surface area contributed by atoms with E-state index in [-0.39, 0.29) is 6.61 Å². The summed E-state index contributed by atoms with van der Waals surface area (Å²) in [6.45, 7) is 6.42. The molecule has 0 N–H and O–H groups in total. The summed E-state index contributed by atoms with van der Waals surface area (Å²) >= 11 is 0. The second-order valence-electron chi connectivity index (χ2n) is 5.28. The Hall–Kier alpha value is -1.84. The number of halogens is 1. The number of fused-ring (bicyclic) bond motifs is 1. The second kappa shape index (κ2) is 7.25. The van der Waals surface area contributed by atoms with Crippen LogP contribution in [0, 0.1) is 0 Å². The summed E-state index contributed by atoms with van der Waals surface area (Å²) < 4.78 is 23.9. The molecule has 1 unspecified atom stereocenters. The van der Waals surface area contributed by atoms with Crippen LogP contribution in [0.15, 0.2) is 34.5 Å². The van der Waals surface area contributed by atoms with Gasteiger partial charge in [-0.05, 0) is 30.5 Å². The zero-order chi connectivity index (χ0) is 15.2. The predicted molar refractivity (Wildman–Crippen MR) is 82.3 cm³/mol. The van der Waals surface area contributed by atoms with E-state index in [1.807, 2.05) is 25.1 Å². The largest absolute Gasteiger partial charge is 0.489 e. The van der Waals surface area contributed by atoms with Gasteiger partial charge in [0.25, 0.3) is 0 Å². The van der Waals surface area contributed by atoms with Crippen LogP contribution in [0.4, 0.5) is 4.39 Å². The van der Waals surface area contributed by atoms with Gasteiger partial charge in [0.2, 0.25) is 0 Å². The van der Waals surface area contributed by atoms with Gasteiger partial charge in [0, 0.05) is 12.0 Å². The van der Waals surface area contributed by atoms with E-state index < -0.39 is 0 Å². The molecule has 1 aromatic heterocycles. The van der Waals surface area contributed by atoms with Gasteiger partial charge in [-0.3, -0.25) is 0 Å². The van der Waals surface area contributed by atoms with Crippen molar-refractivity contribution in [2.24, 2.45) is 0 Å². The molecule has 2 aromatic rings. The van der Waals surface area contributed by atoms with E-state index in [9.17, 15) is 4.39 Å². The maximum atomic E-state index is 12.5. The summed E-state index contributed by atoms with van der Waals surface area (Å²) in [5.41, 5.74) is 2.18. The maximum Gasteiger partial charge on any atom is 0.198 e. The Kier molecular flexibility index (Phi) is 5.37. The fourth-order valence-electron chi connectivity index (χ4n) is 2.17. The molecule has 0 spiro atoms. The molecule has 1 aromatic carbocycles. The molecule has 0 fully saturated rings. The Bertz CT molecular complexity index is 618. The zero-order valence-corrected chi connectivity index (χ0v) is 12.9. The Morgan fingerprint density at radius 2 is 2.24 bits per heavy atom. The molecule has 0 aliphatic rings. The van der Waals surface area contributed by atoms with Crippen molar-refractivity contribution in [3.63, 3.8) is 0 Å². The van der Waals surface area contributed by atoms with Crippen molar-refractivity contribution >= 4 is 11.1 Å². The van der Waals surface area contributed by atoms with Crippen LogP contribution in [0.25, 0.3) is 11.1 Å². The van der Waals surface area contributed by atoms with Crippen LogP contribution in [0.1, 0.15) is 51.8 Å². The molecule has 21 heavy (non-hydrogen) atoms. The van der Waals surface area contributed by atoms with Crippen LogP contribution in [-0.4, -0.2) is 11.6 Å². The van der Waals surface area contributed by atoms with Crippen LogP contribution in [0.5, 0.6) is 5.75 Å². The normalized spacial score (nSPS) is 13.6. The van der Waals surface area contributed by atoms with Gasteiger partial charge in [0.05, 0.1) is 6.33 Å². The minimum Gasteiger partial charge on any atom is -0.489 e. The molecule has 0 aliphatic carbocycles. The lowest BCUT2D eigenvalue weighted by molar-refractivity contribution is 0.345. The molecule has 1 heterocycles. The van der Waals surface area contributed by atoms with Crippen molar-refractivity contribution in [3.05, 3.63) is 36.0 Å². The van der Waals surface area contributed by atoms with E-state index in [2.05, 4.69) is 18.8 Å². The Labute approximate surface area is 124 Å². The number of oxazole rings is 1. The first-order valence-electron chi connectivity index (χ1n) is 7.49. The highest BCUT2D eigenvalue weighted by molar-refractivity contribution is 5.74. The summed E-state index contributed by atoms with van der Waals surface area (Å²) in [5.74, 6) is 1.75. The van der Waals surface area contributed by atoms with Crippen molar-refractivity contribution in [2.45, 2.75) is 46.0 Å². The van der Waals surface area contributed by atoms with E-state index >= 15 is 0 Å². The Balaban J connectivity index is 2.14. The number of benzene rings is 1. The summed E-state index contributed by atoms with van der Waals surface area (Å²) in [6.07, 6.45) is 3.40. The van der Waals surface area contributed by atoms with Gasteiger partial charge in [0.15, 0.2) is 11.5 Å². The van der Waals surface area contributed by atoms with Crippen LogP contribution >= 0.6 is 0 Å². The third-order valence-corrected chi connectivity index (χ3v) is 3.55. The number of hydrogen-bond acceptors (Lipinski definition) is 3. The third-order valence-electron chi connectivity index (χ3n) is 3.55. The molecule has 0 aliphatic heterocycles. The lowest BCUT2D eigenvalue weighted by Gasteiger charge is -2.06. The number of nitrogens with zero attached hydrogens (tertiary/aromatic N) is 1. The molecule has 1 atom stereocenters. The van der Waals surface area contributed by atoms with Gasteiger partial charge in [-0.1, -0.05) is 27.2 Å². The minimum atomic E-state index is 0.256. The van der Waals surface area contributed by atoms with Crippen molar-refractivity contribution in [1.29, 1.82) is 0 Å². The number of hydrogen-bond donors (Lipinski definition) is 0.